The molecule has 1 aromatic rings. The summed E-state index contributed by atoms with van der Waals surface area (Å²) < 4.78 is 0. The fraction of sp³-hybridized carbons (Fsp3) is 0.600. The van der Waals surface area contributed by atoms with Crippen LogP contribution in [0.4, 0.5) is 11.4 Å². The fourth-order valence-corrected chi connectivity index (χ4v) is 1.35. The van der Waals surface area contributed by atoms with Crippen LogP contribution < -0.4 is 21.9 Å². The van der Waals surface area contributed by atoms with E-state index in [0.29, 0.717) is 5.69 Å². The molecule has 0 saturated carbocycles. The van der Waals surface area contributed by atoms with Gasteiger partial charge in [-0.1, -0.05) is 26.2 Å². The van der Waals surface area contributed by atoms with Gasteiger partial charge in [-0.2, -0.15) is 0 Å². The molecular weight excluding hydrogens is 180 g/mol. The molecule has 0 unspecified atom stereocenters. The van der Waals surface area contributed by atoms with E-state index in [1.54, 1.807) is 0 Å². The van der Waals surface area contributed by atoms with E-state index in [9.17, 15) is 9.59 Å². The summed E-state index contributed by atoms with van der Waals surface area (Å²) in [4.78, 5) is 21.7. The molecule has 0 aliphatic carbocycles. The minimum absolute atomic E-state index is 0.0884. The standard InChI is InChI=1S/C10H16N2O2/c1-2-3-4-5-6-12-8-7(11)9(13)10(8)14/h12H,2-6,11H2,1H3. The zero-order chi connectivity index (χ0) is 10.6. The third kappa shape index (κ3) is 2.13. The smallest absolute Gasteiger partial charge is 0.253 e. The van der Waals surface area contributed by atoms with Crippen molar-refractivity contribution in [3.63, 3.8) is 0 Å². The predicted octanol–water partition coefficient (Wildman–Crippen LogP) is 0.857. The Morgan fingerprint density at radius 1 is 1.14 bits per heavy atom. The Kier molecular flexibility index (Phi) is 3.68. The average molecular weight is 196 g/mol. The van der Waals surface area contributed by atoms with E-state index in [1.807, 2.05) is 0 Å². The van der Waals surface area contributed by atoms with Crippen LogP contribution in [0.5, 0.6) is 0 Å². The van der Waals surface area contributed by atoms with Crippen LogP contribution in [-0.2, 0) is 0 Å². The van der Waals surface area contributed by atoms with Gasteiger partial charge in [0.25, 0.3) is 10.9 Å². The average Bonchev–Trinajstić information content (AvgIpc) is 2.22. The summed E-state index contributed by atoms with van der Waals surface area (Å²) in [5, 5.41) is 2.89. The van der Waals surface area contributed by atoms with Crippen molar-refractivity contribution in [3.8, 4) is 0 Å². The first-order valence-electron chi connectivity index (χ1n) is 5.01. The first-order valence-corrected chi connectivity index (χ1v) is 5.01. The maximum Gasteiger partial charge on any atom is 0.253 e. The lowest BCUT2D eigenvalue weighted by atomic mass is 10.2. The molecular formula is C10H16N2O2. The van der Waals surface area contributed by atoms with E-state index in [0.717, 1.165) is 19.4 Å². The predicted molar refractivity (Wildman–Crippen MR) is 58.4 cm³/mol. The van der Waals surface area contributed by atoms with Crippen LogP contribution >= 0.6 is 0 Å². The van der Waals surface area contributed by atoms with Gasteiger partial charge < -0.3 is 11.1 Å². The lowest BCUT2D eigenvalue weighted by Gasteiger charge is -2.09. The Hall–Kier alpha value is -1.32. The quantitative estimate of drug-likeness (QED) is 0.522. The topological polar surface area (TPSA) is 72.2 Å². The van der Waals surface area contributed by atoms with Crippen LogP contribution in [-0.4, -0.2) is 6.54 Å². The second-order valence-corrected chi connectivity index (χ2v) is 3.43. The Bertz CT molecular complexity index is 364. The number of nitrogens with one attached hydrogen (secondary N) is 1. The number of hydrogen-bond donors (Lipinski definition) is 2. The number of rotatable bonds is 6. The van der Waals surface area contributed by atoms with E-state index in [2.05, 4.69) is 12.2 Å². The molecule has 0 atom stereocenters. The molecule has 0 aliphatic heterocycles. The van der Waals surface area contributed by atoms with Crippen LogP contribution in [0.2, 0.25) is 0 Å². The van der Waals surface area contributed by atoms with Gasteiger partial charge in [0.05, 0.1) is 0 Å². The summed E-state index contributed by atoms with van der Waals surface area (Å²) in [6.45, 7) is 2.86. The van der Waals surface area contributed by atoms with E-state index in [-0.39, 0.29) is 5.69 Å². The van der Waals surface area contributed by atoms with Crippen molar-refractivity contribution in [2.45, 2.75) is 32.6 Å². The van der Waals surface area contributed by atoms with E-state index in [1.165, 1.54) is 12.8 Å². The Morgan fingerprint density at radius 2 is 1.86 bits per heavy atom. The largest absolute Gasteiger partial charge is 0.394 e. The first-order chi connectivity index (χ1) is 6.68. The van der Waals surface area contributed by atoms with Gasteiger partial charge in [0, 0.05) is 6.54 Å². The van der Waals surface area contributed by atoms with Crippen LogP contribution in [0.25, 0.3) is 0 Å². The molecule has 3 N–H and O–H groups in total. The highest BCUT2D eigenvalue weighted by Gasteiger charge is 2.16. The molecule has 0 saturated heterocycles. The maximum atomic E-state index is 10.9. The summed E-state index contributed by atoms with van der Waals surface area (Å²) in [5.41, 5.74) is 4.72. The lowest BCUT2D eigenvalue weighted by molar-refractivity contribution is 0.685. The maximum absolute atomic E-state index is 10.9. The van der Waals surface area contributed by atoms with Crippen molar-refractivity contribution in [1.29, 1.82) is 0 Å². The van der Waals surface area contributed by atoms with Crippen LogP contribution in [0, 0.1) is 0 Å². The summed E-state index contributed by atoms with van der Waals surface area (Å²) in [7, 11) is 0. The monoisotopic (exact) mass is 196 g/mol. The molecule has 4 heteroatoms. The first kappa shape index (κ1) is 10.8. The van der Waals surface area contributed by atoms with Crippen molar-refractivity contribution in [1.82, 2.24) is 0 Å². The van der Waals surface area contributed by atoms with Gasteiger partial charge in [-0.25, -0.2) is 0 Å². The number of unbranched alkanes of at least 4 members (excludes halogenated alkanes) is 3. The van der Waals surface area contributed by atoms with Crippen molar-refractivity contribution < 1.29 is 0 Å². The molecule has 0 fully saturated rings. The van der Waals surface area contributed by atoms with Gasteiger partial charge in [0.2, 0.25) is 0 Å². The molecule has 78 valence electrons. The molecule has 0 aliphatic rings. The molecule has 4 nitrogen and oxygen atoms in total. The van der Waals surface area contributed by atoms with E-state index >= 15 is 0 Å². The van der Waals surface area contributed by atoms with Gasteiger partial charge in [0.15, 0.2) is 0 Å². The third-order valence-electron chi connectivity index (χ3n) is 2.28. The second-order valence-electron chi connectivity index (χ2n) is 3.43. The fourth-order valence-electron chi connectivity index (χ4n) is 1.35. The third-order valence-corrected chi connectivity index (χ3v) is 2.28. The van der Waals surface area contributed by atoms with Crippen molar-refractivity contribution in [2.24, 2.45) is 0 Å². The lowest BCUT2D eigenvalue weighted by Crippen LogP contribution is -2.37. The van der Waals surface area contributed by atoms with Crippen LogP contribution in [0.1, 0.15) is 32.6 Å². The molecule has 0 spiro atoms. The van der Waals surface area contributed by atoms with Gasteiger partial charge in [-0.3, -0.25) is 9.59 Å². The molecule has 0 amide bonds. The summed E-state index contributed by atoms with van der Waals surface area (Å²) in [6.07, 6.45) is 4.52. The molecule has 0 heterocycles. The Morgan fingerprint density at radius 3 is 2.43 bits per heavy atom. The van der Waals surface area contributed by atoms with E-state index in [4.69, 9.17) is 5.73 Å². The SMILES string of the molecule is CCCCCCNc1c(N)c(=O)c1=O. The minimum atomic E-state index is -0.555. The molecule has 1 rings (SSSR count). The van der Waals surface area contributed by atoms with Crippen molar-refractivity contribution in [3.05, 3.63) is 20.4 Å². The van der Waals surface area contributed by atoms with Gasteiger partial charge in [-0.15, -0.1) is 0 Å². The Balaban J connectivity index is 2.27. The highest BCUT2D eigenvalue weighted by Crippen LogP contribution is 2.09. The molecule has 0 aromatic heterocycles. The minimum Gasteiger partial charge on any atom is -0.394 e. The highest BCUT2D eigenvalue weighted by molar-refractivity contribution is 5.71. The van der Waals surface area contributed by atoms with Crippen molar-refractivity contribution in [2.75, 3.05) is 17.6 Å². The van der Waals surface area contributed by atoms with E-state index < -0.39 is 10.9 Å². The molecule has 0 bridgehead atoms. The number of nitrogens with two attached hydrogens (primary N) is 1. The summed E-state index contributed by atoms with van der Waals surface area (Å²) in [5.74, 6) is 0. The van der Waals surface area contributed by atoms with Crippen LogP contribution in [0.15, 0.2) is 9.59 Å². The zero-order valence-corrected chi connectivity index (χ0v) is 8.43. The number of hydrogen-bond acceptors (Lipinski definition) is 4. The summed E-state index contributed by atoms with van der Waals surface area (Å²) >= 11 is 0. The zero-order valence-electron chi connectivity index (χ0n) is 8.43. The van der Waals surface area contributed by atoms with Gasteiger partial charge in [0.1, 0.15) is 11.4 Å². The number of nitrogen functional groups attached to an aromatic ring is 1. The molecule has 1 aromatic carbocycles. The number of anilines is 2. The molecule has 14 heavy (non-hydrogen) atoms. The van der Waals surface area contributed by atoms with Crippen molar-refractivity contribution >= 4 is 11.4 Å². The highest BCUT2D eigenvalue weighted by atomic mass is 16.2. The van der Waals surface area contributed by atoms with Crippen LogP contribution in [0.3, 0.4) is 0 Å². The van der Waals surface area contributed by atoms with Gasteiger partial charge >= 0.3 is 0 Å². The Labute approximate surface area is 82.8 Å². The normalized spacial score (nSPS) is 10.6. The second kappa shape index (κ2) is 4.79. The van der Waals surface area contributed by atoms with Gasteiger partial charge in [-0.05, 0) is 6.42 Å². The summed E-state index contributed by atoms with van der Waals surface area (Å²) in [6, 6.07) is 0. The molecule has 0 radical (unpaired) electrons.